The van der Waals surface area contributed by atoms with E-state index in [0.29, 0.717) is 5.33 Å². The molecule has 2 N–H and O–H groups in total. The molecule has 0 aromatic heterocycles. The van der Waals surface area contributed by atoms with Gasteiger partial charge in [-0.2, -0.15) is 0 Å². The average Bonchev–Trinajstić information content (AvgIpc) is 2.09. The van der Waals surface area contributed by atoms with Gasteiger partial charge < -0.3 is 5.73 Å². The van der Waals surface area contributed by atoms with E-state index in [4.69, 9.17) is 5.73 Å². The molecule has 0 saturated carbocycles. The van der Waals surface area contributed by atoms with Crippen LogP contribution in [0.15, 0.2) is 12.1 Å². The Kier molecular flexibility index (Phi) is 3.26. The van der Waals surface area contributed by atoms with Gasteiger partial charge in [-0.25, -0.2) is 8.78 Å². The molecule has 0 heterocycles. The minimum Gasteiger partial charge on any atom is -0.396 e. The highest BCUT2D eigenvalue weighted by molar-refractivity contribution is 9.09. The number of hydrogen-bond acceptors (Lipinski definition) is 1. The van der Waals surface area contributed by atoms with Crippen LogP contribution in [0.25, 0.3) is 0 Å². The number of nitrogens with two attached hydrogens (primary N) is 1. The highest BCUT2D eigenvalue weighted by Crippen LogP contribution is 2.15. The van der Waals surface area contributed by atoms with Crippen molar-refractivity contribution < 1.29 is 8.78 Å². The number of rotatable bonds is 0. The highest BCUT2D eigenvalue weighted by Gasteiger charge is 2.04. The van der Waals surface area contributed by atoms with Crippen LogP contribution in [0.2, 0.25) is 0 Å². The number of nitrogen functional groups attached to an aromatic ring is 1. The Labute approximate surface area is 83.1 Å². The summed E-state index contributed by atoms with van der Waals surface area (Å²) in [4.78, 5) is 0. The molecule has 68 valence electrons. The lowest BCUT2D eigenvalue weighted by molar-refractivity contribution is 0.601. The maximum atomic E-state index is 13.0. The Morgan fingerprint density at radius 2 is 2.00 bits per heavy atom. The summed E-state index contributed by atoms with van der Waals surface area (Å²) in [6, 6.07) is 1.91. The molecule has 4 heteroatoms. The van der Waals surface area contributed by atoms with Crippen LogP contribution in [-0.2, 0) is 0 Å². The fourth-order valence-corrected chi connectivity index (χ4v) is 0.927. The van der Waals surface area contributed by atoms with E-state index < -0.39 is 11.6 Å². The van der Waals surface area contributed by atoms with Gasteiger partial charge >= 0.3 is 0 Å². The number of hydrogen-bond donors (Lipinski definition) is 1. The molecule has 0 aliphatic rings. The molecule has 0 aliphatic carbocycles. The molecule has 1 aromatic carbocycles. The second-order valence-electron chi connectivity index (χ2n) is 2.29. The van der Waals surface area contributed by atoms with Crippen molar-refractivity contribution in [2.45, 2.75) is 0 Å². The minimum absolute atomic E-state index is 0.0196. The maximum Gasteiger partial charge on any atom is 0.147 e. The van der Waals surface area contributed by atoms with E-state index in [2.05, 4.69) is 27.8 Å². The standard InChI is InChI=1S/C9H6BrF2N/c10-3-1-2-6-4-8(12)9(13)5-7(6)11/h4-5H,3,13H2. The van der Waals surface area contributed by atoms with Crippen LogP contribution in [0.4, 0.5) is 14.5 Å². The largest absolute Gasteiger partial charge is 0.396 e. The van der Waals surface area contributed by atoms with Crippen LogP contribution in [0.3, 0.4) is 0 Å². The van der Waals surface area contributed by atoms with E-state index in [1.807, 2.05) is 0 Å². The molecule has 0 amide bonds. The van der Waals surface area contributed by atoms with Crippen molar-refractivity contribution in [3.63, 3.8) is 0 Å². The summed E-state index contributed by atoms with van der Waals surface area (Å²) >= 11 is 3.05. The van der Waals surface area contributed by atoms with Crippen LogP contribution in [-0.4, -0.2) is 5.33 Å². The SMILES string of the molecule is Nc1cc(F)c(C#CCBr)cc1F. The third-order valence-corrected chi connectivity index (χ3v) is 1.66. The molecule has 1 aromatic rings. The summed E-state index contributed by atoms with van der Waals surface area (Å²) in [5.74, 6) is 3.78. The first-order valence-corrected chi connectivity index (χ1v) is 4.56. The molecule has 0 saturated heterocycles. The van der Waals surface area contributed by atoms with Crippen LogP contribution in [0, 0.1) is 23.5 Å². The lowest BCUT2D eigenvalue weighted by Crippen LogP contribution is -1.94. The summed E-state index contributed by atoms with van der Waals surface area (Å²) in [7, 11) is 0. The Morgan fingerprint density at radius 1 is 1.31 bits per heavy atom. The first-order chi connectivity index (χ1) is 6.15. The maximum absolute atomic E-state index is 13.0. The fourth-order valence-electron chi connectivity index (χ4n) is 0.787. The minimum atomic E-state index is -0.653. The molecule has 0 aliphatic heterocycles. The van der Waals surface area contributed by atoms with Crippen LogP contribution >= 0.6 is 15.9 Å². The Hall–Kier alpha value is -1.08. The Morgan fingerprint density at radius 3 is 2.62 bits per heavy atom. The van der Waals surface area contributed by atoms with Crippen molar-refractivity contribution in [1.29, 1.82) is 0 Å². The van der Waals surface area contributed by atoms with E-state index in [0.717, 1.165) is 12.1 Å². The van der Waals surface area contributed by atoms with Gasteiger partial charge in [-0.15, -0.1) is 0 Å². The van der Waals surface area contributed by atoms with E-state index in [-0.39, 0.29) is 11.3 Å². The first kappa shape index (κ1) is 10.0. The van der Waals surface area contributed by atoms with Gasteiger partial charge in [-0.05, 0) is 6.07 Å². The van der Waals surface area contributed by atoms with Crippen molar-refractivity contribution in [2.75, 3.05) is 11.1 Å². The second kappa shape index (κ2) is 4.24. The highest BCUT2D eigenvalue weighted by atomic mass is 79.9. The van der Waals surface area contributed by atoms with E-state index >= 15 is 0 Å². The van der Waals surface area contributed by atoms with E-state index in [9.17, 15) is 8.78 Å². The normalized spacial score (nSPS) is 9.15. The second-order valence-corrected chi connectivity index (χ2v) is 2.85. The van der Waals surface area contributed by atoms with Crippen molar-refractivity contribution in [2.24, 2.45) is 0 Å². The van der Waals surface area contributed by atoms with Gasteiger partial charge in [0.25, 0.3) is 0 Å². The molecule has 0 fully saturated rings. The van der Waals surface area contributed by atoms with Gasteiger partial charge in [0.05, 0.1) is 16.6 Å². The number of halogens is 3. The molecule has 0 spiro atoms. The zero-order chi connectivity index (χ0) is 9.84. The smallest absolute Gasteiger partial charge is 0.147 e. The van der Waals surface area contributed by atoms with Gasteiger partial charge in [-0.3, -0.25) is 0 Å². The van der Waals surface area contributed by atoms with Crippen LogP contribution in [0.5, 0.6) is 0 Å². The van der Waals surface area contributed by atoms with Gasteiger partial charge in [0.15, 0.2) is 0 Å². The first-order valence-electron chi connectivity index (χ1n) is 3.44. The van der Waals surface area contributed by atoms with Crippen molar-refractivity contribution in [3.8, 4) is 11.8 Å². The molecule has 0 bridgehead atoms. The predicted molar refractivity (Wildman–Crippen MR) is 51.4 cm³/mol. The van der Waals surface area contributed by atoms with Gasteiger partial charge in [0.2, 0.25) is 0 Å². The molecule has 1 nitrogen and oxygen atoms in total. The number of alkyl halides is 1. The molecular formula is C9H6BrF2N. The van der Waals surface area contributed by atoms with Gasteiger partial charge in [-0.1, -0.05) is 27.8 Å². The predicted octanol–water partition coefficient (Wildman–Crippen LogP) is 2.29. The van der Waals surface area contributed by atoms with Crippen molar-refractivity contribution in [1.82, 2.24) is 0 Å². The van der Waals surface area contributed by atoms with Gasteiger partial charge in [0.1, 0.15) is 11.6 Å². The fraction of sp³-hybridized carbons (Fsp3) is 0.111. The summed E-state index contributed by atoms with van der Waals surface area (Å²) in [5.41, 5.74) is 4.96. The molecule has 13 heavy (non-hydrogen) atoms. The lowest BCUT2D eigenvalue weighted by Gasteiger charge is -1.98. The molecule has 0 unspecified atom stereocenters. The summed E-state index contributed by atoms with van der Waals surface area (Å²) in [6.07, 6.45) is 0. The third kappa shape index (κ3) is 2.43. The van der Waals surface area contributed by atoms with Crippen LogP contribution < -0.4 is 5.73 Å². The number of anilines is 1. The molecular weight excluding hydrogens is 240 g/mol. The van der Waals surface area contributed by atoms with E-state index in [1.54, 1.807) is 0 Å². The monoisotopic (exact) mass is 245 g/mol. The lowest BCUT2D eigenvalue weighted by atomic mass is 10.2. The van der Waals surface area contributed by atoms with E-state index in [1.165, 1.54) is 0 Å². The zero-order valence-corrected chi connectivity index (χ0v) is 8.16. The molecule has 0 atom stereocenters. The average molecular weight is 246 g/mol. The third-order valence-electron chi connectivity index (χ3n) is 1.38. The zero-order valence-electron chi connectivity index (χ0n) is 6.57. The Balaban J connectivity index is 3.16. The van der Waals surface area contributed by atoms with Crippen molar-refractivity contribution >= 4 is 21.6 Å². The molecule has 1 rings (SSSR count). The summed E-state index contributed by atoms with van der Waals surface area (Å²) in [6.45, 7) is 0. The van der Waals surface area contributed by atoms with Crippen molar-refractivity contribution in [3.05, 3.63) is 29.3 Å². The quantitative estimate of drug-likeness (QED) is 0.424. The number of benzene rings is 1. The topological polar surface area (TPSA) is 26.0 Å². The summed E-state index contributed by atoms with van der Waals surface area (Å²) in [5, 5.41) is 0.415. The summed E-state index contributed by atoms with van der Waals surface area (Å²) < 4.78 is 25.8. The Bertz CT molecular complexity index is 379. The van der Waals surface area contributed by atoms with Gasteiger partial charge in [0, 0.05) is 6.07 Å². The molecule has 0 radical (unpaired) electrons. The van der Waals surface area contributed by atoms with Crippen LogP contribution in [0.1, 0.15) is 5.56 Å².